The number of aryl methyl sites for hydroxylation is 1. The normalized spacial score (nSPS) is 19.9. The third-order valence-corrected chi connectivity index (χ3v) is 9.81. The van der Waals surface area contributed by atoms with Crippen molar-refractivity contribution in [3.63, 3.8) is 0 Å². The molecule has 0 radical (unpaired) electrons. The molecule has 14 heteroatoms. The maximum atomic E-state index is 14.0. The number of amides is 2. The monoisotopic (exact) mass is 674 g/mol. The molecule has 0 saturated carbocycles. The Morgan fingerprint density at radius 2 is 1.98 bits per heavy atom. The molecule has 2 saturated heterocycles. The van der Waals surface area contributed by atoms with E-state index < -0.39 is 17.8 Å². The highest BCUT2D eigenvalue weighted by Crippen LogP contribution is 2.37. The molecule has 11 nitrogen and oxygen atoms in total. The number of aromatic amines is 1. The Hall–Kier alpha value is -4.59. The van der Waals surface area contributed by atoms with E-state index in [9.17, 15) is 14.0 Å². The molecule has 2 N–H and O–H groups in total. The van der Waals surface area contributed by atoms with E-state index in [2.05, 4.69) is 32.1 Å². The van der Waals surface area contributed by atoms with Crippen LogP contribution in [-0.2, 0) is 16.0 Å². The minimum absolute atomic E-state index is 0.0249. The number of anilines is 1. The van der Waals surface area contributed by atoms with Crippen LogP contribution in [0.2, 0.25) is 5.02 Å². The first kappa shape index (κ1) is 31.0. The number of fused-ring (bicyclic) bond motifs is 1. The highest BCUT2D eigenvalue weighted by atomic mass is 35.5. The molecule has 2 fully saturated rings. The van der Waals surface area contributed by atoms with E-state index >= 15 is 0 Å². The van der Waals surface area contributed by atoms with Gasteiger partial charge in [0.25, 0.3) is 0 Å². The summed E-state index contributed by atoms with van der Waals surface area (Å²) in [6, 6.07) is 11.0. The molecule has 47 heavy (non-hydrogen) atoms. The van der Waals surface area contributed by atoms with Crippen LogP contribution >= 0.6 is 22.9 Å². The van der Waals surface area contributed by atoms with Gasteiger partial charge in [0.1, 0.15) is 17.7 Å². The number of hydrogen-bond acceptors (Lipinski definition) is 9. The van der Waals surface area contributed by atoms with Crippen molar-refractivity contribution in [2.45, 2.75) is 25.4 Å². The first-order chi connectivity index (χ1) is 22.8. The lowest BCUT2D eigenvalue weighted by Crippen LogP contribution is -2.53. The maximum Gasteiger partial charge on any atom is 0.338 e. The van der Waals surface area contributed by atoms with Crippen LogP contribution in [0.4, 0.5) is 14.9 Å². The third-order valence-electron chi connectivity index (χ3n) is 8.70. The number of hydrogen-bond donors (Lipinski definition) is 2. The predicted molar refractivity (Wildman–Crippen MR) is 178 cm³/mol. The molecule has 0 bridgehead atoms. The quantitative estimate of drug-likeness (QED) is 0.252. The Morgan fingerprint density at radius 1 is 1.15 bits per heavy atom. The first-order valence-electron chi connectivity index (χ1n) is 15.3. The second kappa shape index (κ2) is 12.9. The number of carbonyl (C=O) groups is 2. The molecule has 0 unspecified atom stereocenters. The maximum absolute atomic E-state index is 14.0. The minimum atomic E-state index is -0.840. The average Bonchev–Trinajstić information content (AvgIpc) is 3.85. The number of thiazole rings is 1. The van der Waals surface area contributed by atoms with E-state index in [1.165, 1.54) is 36.6 Å². The van der Waals surface area contributed by atoms with E-state index in [1.807, 2.05) is 45.6 Å². The van der Waals surface area contributed by atoms with Crippen molar-refractivity contribution in [3.8, 4) is 11.4 Å². The lowest BCUT2D eigenvalue weighted by Gasteiger charge is -2.38. The summed E-state index contributed by atoms with van der Waals surface area (Å²) in [5.74, 6) is 0.235. The smallest absolute Gasteiger partial charge is 0.338 e. The molecular weight excluding hydrogens is 643 g/mol. The van der Waals surface area contributed by atoms with Crippen molar-refractivity contribution < 1.29 is 18.7 Å². The summed E-state index contributed by atoms with van der Waals surface area (Å²) < 4.78 is 19.2. The van der Waals surface area contributed by atoms with Crippen LogP contribution in [0.1, 0.15) is 29.2 Å². The lowest BCUT2D eigenvalue weighted by atomic mass is 9.95. The standard InChI is InChI=1S/C33H32ClFN8O3S/c1-3-21-15-37-29(38-21)19-4-7-22(8-5-19)43-17-23-16-41(11-12-42(23)33(43)45)18-26-27(32(44)46-2)28(24-9-6-20(35)14-25(24)34)40-30(39-26)31-36-10-13-47-31/h4-10,13-15,23,28H,3,11-12,16-18H2,1-2H3,(H,37,38)(H,39,40)/t23-,28-/m0/s1. The van der Waals surface area contributed by atoms with Crippen LogP contribution in [0.15, 0.2) is 76.5 Å². The Kier molecular flexibility index (Phi) is 8.52. The number of rotatable bonds is 8. The number of nitrogens with one attached hydrogen (secondary N) is 2. The van der Waals surface area contributed by atoms with E-state index in [1.54, 1.807) is 6.20 Å². The number of aliphatic imine (C=N–C) groups is 1. The summed E-state index contributed by atoms with van der Waals surface area (Å²) in [5, 5.41) is 5.98. The Labute approximate surface area is 279 Å². The van der Waals surface area contributed by atoms with Crippen LogP contribution in [-0.4, -0.2) is 88.5 Å². The van der Waals surface area contributed by atoms with Crippen LogP contribution in [0.3, 0.4) is 0 Å². The van der Waals surface area contributed by atoms with Gasteiger partial charge in [0.05, 0.1) is 18.7 Å². The van der Waals surface area contributed by atoms with Gasteiger partial charge >= 0.3 is 12.0 Å². The SMILES string of the molecule is CCc1cnc(-c2ccc(N3C[C@@H]4CN(CC5=C(C(=O)OC)[C@H](c6ccc(F)cc6Cl)N=C(c6nccs6)N5)CCN4C3=O)cc2)[nH]1. The number of aromatic nitrogens is 3. The average molecular weight is 675 g/mol. The zero-order valence-corrected chi connectivity index (χ0v) is 27.3. The third kappa shape index (κ3) is 6.01. The Bertz CT molecular complexity index is 1880. The summed E-state index contributed by atoms with van der Waals surface area (Å²) in [6.07, 6.45) is 4.40. The number of piperazine rings is 1. The second-order valence-electron chi connectivity index (χ2n) is 11.5. The zero-order chi connectivity index (χ0) is 32.7. The lowest BCUT2D eigenvalue weighted by molar-refractivity contribution is -0.136. The van der Waals surface area contributed by atoms with Gasteiger partial charge in [-0.15, -0.1) is 11.3 Å². The van der Waals surface area contributed by atoms with Gasteiger partial charge < -0.3 is 19.9 Å². The van der Waals surface area contributed by atoms with Gasteiger partial charge in [-0.1, -0.05) is 24.6 Å². The molecular formula is C33H32ClFN8O3S. The fourth-order valence-corrected chi connectivity index (χ4v) is 7.17. The van der Waals surface area contributed by atoms with Gasteiger partial charge in [-0.3, -0.25) is 14.8 Å². The summed E-state index contributed by atoms with van der Waals surface area (Å²) in [6.45, 7) is 4.69. The van der Waals surface area contributed by atoms with Crippen LogP contribution in [0.5, 0.6) is 0 Å². The van der Waals surface area contributed by atoms with E-state index in [4.69, 9.17) is 21.3 Å². The molecule has 0 aliphatic carbocycles. The fourth-order valence-electron chi connectivity index (χ4n) is 6.31. The second-order valence-corrected chi connectivity index (χ2v) is 12.8. The number of imidazole rings is 1. The van der Waals surface area contributed by atoms with Crippen molar-refractivity contribution in [2.75, 3.05) is 44.7 Å². The first-order valence-corrected chi connectivity index (χ1v) is 16.5. The fraction of sp³-hybridized carbons (Fsp3) is 0.303. The van der Waals surface area contributed by atoms with Crippen molar-refractivity contribution in [1.82, 2.24) is 30.1 Å². The minimum Gasteiger partial charge on any atom is -0.466 e. The number of esters is 1. The predicted octanol–water partition coefficient (Wildman–Crippen LogP) is 5.03. The highest BCUT2D eigenvalue weighted by molar-refractivity contribution is 7.11. The van der Waals surface area contributed by atoms with Gasteiger partial charge in [-0.2, -0.15) is 0 Å². The highest BCUT2D eigenvalue weighted by Gasteiger charge is 2.42. The number of H-pyrrole nitrogens is 1. The zero-order valence-electron chi connectivity index (χ0n) is 25.7. The molecule has 2 atom stereocenters. The van der Waals surface area contributed by atoms with Gasteiger partial charge in [0.2, 0.25) is 0 Å². The summed E-state index contributed by atoms with van der Waals surface area (Å²) in [4.78, 5) is 49.8. The van der Waals surface area contributed by atoms with Gasteiger partial charge in [0, 0.05) is 83.7 Å². The van der Waals surface area contributed by atoms with Gasteiger partial charge in [-0.05, 0) is 42.8 Å². The number of benzene rings is 2. The topological polar surface area (TPSA) is 119 Å². The van der Waals surface area contributed by atoms with E-state index in [0.717, 1.165) is 29.2 Å². The number of ether oxygens (including phenoxy) is 1. The molecule has 2 aromatic heterocycles. The summed E-state index contributed by atoms with van der Waals surface area (Å²) >= 11 is 7.90. The summed E-state index contributed by atoms with van der Waals surface area (Å²) in [5.41, 5.74) is 4.22. The molecule has 5 heterocycles. The van der Waals surface area contributed by atoms with Crippen molar-refractivity contribution in [3.05, 3.63) is 98.6 Å². The molecule has 7 rings (SSSR count). The molecule has 3 aliphatic heterocycles. The van der Waals surface area contributed by atoms with Crippen LogP contribution in [0.25, 0.3) is 11.4 Å². The van der Waals surface area contributed by atoms with Crippen molar-refractivity contribution >= 4 is 46.5 Å². The Balaban J connectivity index is 1.13. The number of methoxy groups -OCH3 is 1. The number of nitrogens with zero attached hydrogens (tertiary/aromatic N) is 6. The molecule has 242 valence electrons. The number of carbonyl (C=O) groups excluding carboxylic acids is 2. The van der Waals surface area contributed by atoms with Crippen LogP contribution in [0, 0.1) is 5.82 Å². The van der Waals surface area contributed by atoms with Crippen molar-refractivity contribution in [2.24, 2.45) is 4.99 Å². The number of amidine groups is 1. The van der Waals surface area contributed by atoms with Crippen molar-refractivity contribution in [1.29, 1.82) is 0 Å². The molecule has 0 spiro atoms. The summed E-state index contributed by atoms with van der Waals surface area (Å²) in [7, 11) is 1.32. The van der Waals surface area contributed by atoms with E-state index in [0.29, 0.717) is 54.8 Å². The van der Waals surface area contributed by atoms with E-state index in [-0.39, 0.29) is 22.7 Å². The number of halogens is 2. The van der Waals surface area contributed by atoms with Gasteiger partial charge in [0.15, 0.2) is 10.8 Å². The number of urea groups is 1. The molecule has 2 aromatic carbocycles. The molecule has 4 aromatic rings. The molecule has 2 amide bonds. The molecule has 3 aliphatic rings. The van der Waals surface area contributed by atoms with Crippen LogP contribution < -0.4 is 10.2 Å². The largest absolute Gasteiger partial charge is 0.466 e. The Morgan fingerprint density at radius 3 is 2.68 bits per heavy atom. The van der Waals surface area contributed by atoms with Gasteiger partial charge in [-0.25, -0.2) is 23.9 Å².